The molecule has 0 atom stereocenters. The Labute approximate surface area is 139 Å². The quantitative estimate of drug-likeness (QED) is 0.919. The molecule has 1 fully saturated rings. The van der Waals surface area contributed by atoms with E-state index in [0.29, 0.717) is 25.3 Å². The summed E-state index contributed by atoms with van der Waals surface area (Å²) in [6.45, 7) is 1.99. The highest BCUT2D eigenvalue weighted by atomic mass is 19.1. The van der Waals surface area contributed by atoms with Gasteiger partial charge in [-0.15, -0.1) is 0 Å². The third-order valence-corrected chi connectivity index (χ3v) is 5.09. The maximum absolute atomic E-state index is 13.3. The predicted octanol–water partition coefficient (Wildman–Crippen LogP) is 2.18. The molecule has 3 heterocycles. The molecule has 5 nitrogen and oxygen atoms in total. The highest BCUT2D eigenvalue weighted by Gasteiger charge is 2.42. The summed E-state index contributed by atoms with van der Waals surface area (Å²) in [6.07, 6.45) is 4.52. The lowest BCUT2D eigenvalue weighted by molar-refractivity contribution is -0.140. The smallest absolute Gasteiger partial charge is 0.226 e. The lowest BCUT2D eigenvalue weighted by Gasteiger charge is -2.43. The molecule has 1 amide bonds. The zero-order chi connectivity index (χ0) is 16.6. The Morgan fingerprint density at radius 3 is 3.00 bits per heavy atom. The normalized spacial score (nSPS) is 19.3. The number of likely N-dealkylation sites (tertiary alicyclic amines) is 1. The van der Waals surface area contributed by atoms with Crippen LogP contribution in [-0.4, -0.2) is 40.7 Å². The van der Waals surface area contributed by atoms with Crippen molar-refractivity contribution in [2.45, 2.75) is 31.3 Å². The number of aromatic amines is 1. The largest absolute Gasteiger partial charge is 0.368 e. The second-order valence-corrected chi connectivity index (χ2v) is 6.55. The van der Waals surface area contributed by atoms with Gasteiger partial charge in [0.1, 0.15) is 11.4 Å². The van der Waals surface area contributed by atoms with E-state index < -0.39 is 0 Å². The number of carbonyl (C=O) groups is 1. The molecule has 0 bridgehead atoms. The Balaban J connectivity index is 1.43. The fraction of sp³-hybridized carbons (Fsp3) is 0.444. The number of rotatable bonds is 2. The molecular weight excluding hydrogens is 309 g/mol. The van der Waals surface area contributed by atoms with Gasteiger partial charge in [-0.2, -0.15) is 5.10 Å². The number of H-pyrrole nitrogens is 1. The van der Waals surface area contributed by atoms with Crippen LogP contribution in [0.1, 0.15) is 29.7 Å². The number of hydrogen-bond donors (Lipinski definition) is 1. The first kappa shape index (κ1) is 15.3. The number of nitrogens with one attached hydrogen (secondary N) is 1. The molecule has 0 saturated carbocycles. The third-order valence-electron chi connectivity index (χ3n) is 5.09. The molecule has 1 aromatic carbocycles. The zero-order valence-corrected chi connectivity index (χ0v) is 13.4. The molecule has 0 aliphatic carbocycles. The SMILES string of the molecule is O=C(Cc1cccc(F)c1)N1CCC2(CC1)OCCc1cn[nH]c12. The fourth-order valence-electron chi connectivity index (χ4n) is 3.77. The lowest BCUT2D eigenvalue weighted by Crippen LogP contribution is -2.48. The van der Waals surface area contributed by atoms with Gasteiger partial charge in [0.2, 0.25) is 5.91 Å². The summed E-state index contributed by atoms with van der Waals surface area (Å²) >= 11 is 0. The number of carbonyl (C=O) groups excluding carboxylic acids is 1. The van der Waals surface area contributed by atoms with Crippen LogP contribution in [0.5, 0.6) is 0 Å². The maximum Gasteiger partial charge on any atom is 0.226 e. The molecule has 0 unspecified atom stereocenters. The van der Waals surface area contributed by atoms with Crippen molar-refractivity contribution in [2.75, 3.05) is 19.7 Å². The number of piperidine rings is 1. The van der Waals surface area contributed by atoms with Crippen molar-refractivity contribution in [3.63, 3.8) is 0 Å². The van der Waals surface area contributed by atoms with Gasteiger partial charge in [-0.1, -0.05) is 12.1 Å². The molecule has 126 valence electrons. The van der Waals surface area contributed by atoms with E-state index in [4.69, 9.17) is 4.74 Å². The van der Waals surface area contributed by atoms with E-state index in [1.165, 1.54) is 17.7 Å². The molecule has 4 rings (SSSR count). The summed E-state index contributed by atoms with van der Waals surface area (Å²) in [4.78, 5) is 14.3. The van der Waals surface area contributed by atoms with Crippen molar-refractivity contribution in [3.8, 4) is 0 Å². The van der Waals surface area contributed by atoms with E-state index in [1.807, 2.05) is 11.1 Å². The molecule has 1 spiro atoms. The summed E-state index contributed by atoms with van der Waals surface area (Å²) in [5.74, 6) is -0.267. The molecule has 1 N–H and O–H groups in total. The third kappa shape index (κ3) is 2.71. The standard InChI is InChI=1S/C18H20FN3O2/c19-15-3-1-2-13(10-15)11-16(23)22-7-5-18(6-8-22)17-14(4-9-24-18)12-20-21-17/h1-3,10,12H,4-9,11H2,(H,20,21). The number of nitrogens with zero attached hydrogens (tertiary/aromatic N) is 2. The summed E-state index contributed by atoms with van der Waals surface area (Å²) < 4.78 is 19.4. The van der Waals surface area contributed by atoms with Crippen LogP contribution in [0.25, 0.3) is 0 Å². The maximum atomic E-state index is 13.3. The highest BCUT2D eigenvalue weighted by molar-refractivity contribution is 5.78. The number of benzene rings is 1. The van der Waals surface area contributed by atoms with Crippen LogP contribution < -0.4 is 0 Å². The summed E-state index contributed by atoms with van der Waals surface area (Å²) in [5, 5.41) is 7.24. The number of ether oxygens (including phenoxy) is 1. The van der Waals surface area contributed by atoms with Gasteiger partial charge in [0, 0.05) is 13.1 Å². The molecule has 2 aliphatic rings. The number of halogens is 1. The van der Waals surface area contributed by atoms with Gasteiger partial charge in [-0.05, 0) is 42.5 Å². The topological polar surface area (TPSA) is 58.2 Å². The van der Waals surface area contributed by atoms with E-state index >= 15 is 0 Å². The Hall–Kier alpha value is -2.21. The summed E-state index contributed by atoms with van der Waals surface area (Å²) in [5.41, 5.74) is 2.68. The first-order valence-electron chi connectivity index (χ1n) is 8.35. The van der Waals surface area contributed by atoms with Crippen LogP contribution in [0.3, 0.4) is 0 Å². The van der Waals surface area contributed by atoms with Gasteiger partial charge in [0.25, 0.3) is 0 Å². The molecule has 0 radical (unpaired) electrons. The van der Waals surface area contributed by atoms with Crippen molar-refractivity contribution in [1.29, 1.82) is 0 Å². The van der Waals surface area contributed by atoms with Gasteiger partial charge in [0.05, 0.1) is 24.9 Å². The van der Waals surface area contributed by atoms with Crippen LogP contribution in [0.15, 0.2) is 30.5 Å². The van der Waals surface area contributed by atoms with Crippen LogP contribution in [0, 0.1) is 5.82 Å². The van der Waals surface area contributed by atoms with Crippen molar-refractivity contribution in [3.05, 3.63) is 53.1 Å². The molecule has 6 heteroatoms. The van der Waals surface area contributed by atoms with Crippen molar-refractivity contribution in [2.24, 2.45) is 0 Å². The average Bonchev–Trinajstić information content (AvgIpc) is 3.06. The van der Waals surface area contributed by atoms with Crippen LogP contribution in [0.4, 0.5) is 4.39 Å². The summed E-state index contributed by atoms with van der Waals surface area (Å²) in [7, 11) is 0. The van der Waals surface area contributed by atoms with Gasteiger partial charge in [0.15, 0.2) is 0 Å². The van der Waals surface area contributed by atoms with Gasteiger partial charge in [-0.25, -0.2) is 4.39 Å². The highest BCUT2D eigenvalue weighted by Crippen LogP contribution is 2.40. The van der Waals surface area contributed by atoms with E-state index in [-0.39, 0.29) is 23.7 Å². The zero-order valence-electron chi connectivity index (χ0n) is 13.4. The number of fused-ring (bicyclic) bond motifs is 2. The van der Waals surface area contributed by atoms with E-state index in [1.54, 1.807) is 12.1 Å². The second-order valence-electron chi connectivity index (χ2n) is 6.55. The molecule has 24 heavy (non-hydrogen) atoms. The first-order chi connectivity index (χ1) is 11.7. The lowest BCUT2D eigenvalue weighted by atomic mass is 9.83. The van der Waals surface area contributed by atoms with E-state index in [0.717, 1.165) is 25.0 Å². The molecular formula is C18H20FN3O2. The summed E-state index contributed by atoms with van der Waals surface area (Å²) in [6, 6.07) is 6.23. The van der Waals surface area contributed by atoms with Gasteiger partial charge < -0.3 is 9.64 Å². The molecule has 2 aromatic rings. The van der Waals surface area contributed by atoms with Crippen molar-refractivity contribution >= 4 is 5.91 Å². The van der Waals surface area contributed by atoms with Crippen molar-refractivity contribution in [1.82, 2.24) is 15.1 Å². The fourth-order valence-corrected chi connectivity index (χ4v) is 3.77. The first-order valence-corrected chi connectivity index (χ1v) is 8.35. The molecule has 1 aromatic heterocycles. The van der Waals surface area contributed by atoms with Gasteiger partial charge in [-0.3, -0.25) is 9.89 Å². The average molecular weight is 329 g/mol. The Morgan fingerprint density at radius 2 is 2.21 bits per heavy atom. The minimum Gasteiger partial charge on any atom is -0.368 e. The van der Waals surface area contributed by atoms with Gasteiger partial charge >= 0.3 is 0 Å². The minimum absolute atomic E-state index is 0.0380. The van der Waals surface area contributed by atoms with E-state index in [2.05, 4.69) is 10.2 Å². The predicted molar refractivity (Wildman–Crippen MR) is 85.8 cm³/mol. The molecule has 1 saturated heterocycles. The molecule has 2 aliphatic heterocycles. The minimum atomic E-state index is -0.334. The van der Waals surface area contributed by atoms with Crippen LogP contribution in [-0.2, 0) is 28.0 Å². The second kappa shape index (κ2) is 6.02. The van der Waals surface area contributed by atoms with Crippen LogP contribution in [0.2, 0.25) is 0 Å². The Morgan fingerprint density at radius 1 is 1.38 bits per heavy atom. The number of hydrogen-bond acceptors (Lipinski definition) is 3. The number of amides is 1. The van der Waals surface area contributed by atoms with E-state index in [9.17, 15) is 9.18 Å². The monoisotopic (exact) mass is 329 g/mol. The number of aromatic nitrogens is 2. The Kier molecular flexibility index (Phi) is 3.84. The van der Waals surface area contributed by atoms with Crippen LogP contribution >= 0.6 is 0 Å². The Bertz CT molecular complexity index is 750. The van der Waals surface area contributed by atoms with Crippen molar-refractivity contribution < 1.29 is 13.9 Å².